The van der Waals surface area contributed by atoms with E-state index in [9.17, 15) is 0 Å². The van der Waals surface area contributed by atoms with Crippen LogP contribution >= 0.6 is 0 Å². The highest BCUT2D eigenvalue weighted by Crippen LogP contribution is 2.35. The van der Waals surface area contributed by atoms with Crippen molar-refractivity contribution in [2.45, 2.75) is 68.2 Å². The van der Waals surface area contributed by atoms with Crippen LogP contribution in [0.5, 0.6) is 11.5 Å². The van der Waals surface area contributed by atoms with Crippen molar-refractivity contribution >= 4 is 45.5 Å². The molecule has 0 aromatic heterocycles. The summed E-state index contributed by atoms with van der Waals surface area (Å²) in [5, 5.41) is 14.4. The Bertz CT molecular complexity index is 2080. The van der Waals surface area contributed by atoms with Gasteiger partial charge in [-0.25, -0.2) is 0 Å². The second kappa shape index (κ2) is 17.3. The van der Waals surface area contributed by atoms with Crippen LogP contribution in [0.1, 0.15) is 57.3 Å². The van der Waals surface area contributed by atoms with Crippen molar-refractivity contribution in [3.63, 3.8) is 0 Å². The fourth-order valence-electron chi connectivity index (χ4n) is 6.15. The Morgan fingerprint density at radius 2 is 0.593 bits per heavy atom. The van der Waals surface area contributed by atoms with Crippen LogP contribution in [0.4, 0.5) is 45.5 Å². The zero-order valence-electron chi connectivity index (χ0n) is 33.0. The normalized spacial score (nSPS) is 10.9. The Kier molecular flexibility index (Phi) is 12.1. The van der Waals surface area contributed by atoms with Gasteiger partial charge in [-0.05, 0) is 198 Å². The zero-order valence-corrected chi connectivity index (χ0v) is 33.0. The lowest BCUT2D eigenvalue weighted by Crippen LogP contribution is -2.06. The summed E-state index contributed by atoms with van der Waals surface area (Å²) < 4.78 is 12.8. The molecule has 0 fully saturated rings. The average molecular weight is 719 g/mol. The average Bonchev–Trinajstić information content (AvgIpc) is 3.14. The number of nitrogens with one attached hydrogen (secondary N) is 4. The summed E-state index contributed by atoms with van der Waals surface area (Å²) in [7, 11) is 0. The maximum atomic E-state index is 6.40. The summed E-state index contributed by atoms with van der Waals surface area (Å²) in [6, 6.07) is 38.2. The molecule has 0 saturated carbocycles. The summed E-state index contributed by atoms with van der Waals surface area (Å²) in [5.74, 6) is 1.62. The van der Waals surface area contributed by atoms with E-state index in [4.69, 9.17) is 9.47 Å². The van der Waals surface area contributed by atoms with Crippen molar-refractivity contribution in [1.82, 2.24) is 0 Å². The Hall–Kier alpha value is -5.88. The number of unbranched alkanes of at least 4 members (excludes halogenated alkanes) is 1. The molecule has 0 amide bonds. The SMILES string of the molecule is Cc1ccc(Nc2ccc(OCCCCOc3ccc(Nc4ccc(C)c(C)c4)cc3Nc3ccc(C)c(C)c3)c(Nc3ccc(C)c(C)c3)c2)cc1C. The van der Waals surface area contributed by atoms with Crippen molar-refractivity contribution in [2.24, 2.45) is 0 Å². The van der Waals surface area contributed by atoms with Crippen molar-refractivity contribution in [1.29, 1.82) is 0 Å². The third kappa shape index (κ3) is 9.95. The molecule has 0 aliphatic heterocycles. The molecule has 6 nitrogen and oxygen atoms in total. The lowest BCUT2D eigenvalue weighted by Gasteiger charge is -2.18. The smallest absolute Gasteiger partial charge is 0.142 e. The fraction of sp³-hybridized carbons (Fsp3) is 0.250. The number of ether oxygens (including phenoxy) is 2. The molecule has 0 atom stereocenters. The van der Waals surface area contributed by atoms with Crippen molar-refractivity contribution in [3.8, 4) is 11.5 Å². The van der Waals surface area contributed by atoms with Crippen LogP contribution in [0.3, 0.4) is 0 Å². The molecule has 54 heavy (non-hydrogen) atoms. The number of hydrogen-bond acceptors (Lipinski definition) is 6. The van der Waals surface area contributed by atoms with Crippen LogP contribution in [0, 0.1) is 55.4 Å². The minimum absolute atomic E-state index is 0.571. The first kappa shape index (κ1) is 37.9. The standard InChI is InChI=1S/C48H54N4O2/c1-31-11-15-39(25-35(31)5)49-43-19-21-47(45(29-43)51-41-17-13-33(3)37(7)27-41)53-23-9-10-24-54-48-22-20-44(50-40-16-12-32(2)36(6)26-40)30-46(48)52-42-18-14-34(4)38(8)28-42/h11-22,25-30,49-52H,9-10,23-24H2,1-8H3. The number of anilines is 8. The quantitative estimate of drug-likeness (QED) is 0.0793. The number of benzene rings is 6. The van der Waals surface area contributed by atoms with Crippen LogP contribution in [-0.2, 0) is 0 Å². The third-order valence-electron chi connectivity index (χ3n) is 10.2. The Morgan fingerprint density at radius 1 is 0.315 bits per heavy atom. The predicted octanol–water partition coefficient (Wildman–Crippen LogP) is 13.4. The van der Waals surface area contributed by atoms with Crippen LogP contribution in [0.2, 0.25) is 0 Å². The van der Waals surface area contributed by atoms with Gasteiger partial charge in [0.2, 0.25) is 0 Å². The van der Waals surface area contributed by atoms with E-state index in [1.54, 1.807) is 0 Å². The molecule has 4 N–H and O–H groups in total. The molecule has 0 radical (unpaired) electrons. The van der Waals surface area contributed by atoms with E-state index in [0.29, 0.717) is 13.2 Å². The van der Waals surface area contributed by atoms with E-state index in [1.807, 2.05) is 12.1 Å². The highest BCUT2D eigenvalue weighted by molar-refractivity contribution is 5.75. The molecule has 6 rings (SSSR count). The summed E-state index contributed by atoms with van der Waals surface area (Å²) in [5.41, 5.74) is 18.1. The molecule has 6 aromatic rings. The van der Waals surface area contributed by atoms with Gasteiger partial charge in [-0.15, -0.1) is 0 Å². The summed E-state index contributed by atoms with van der Waals surface area (Å²) >= 11 is 0. The molecule has 0 heterocycles. The number of hydrogen-bond donors (Lipinski definition) is 4. The maximum absolute atomic E-state index is 6.40. The molecule has 278 valence electrons. The van der Waals surface area contributed by atoms with Gasteiger partial charge in [0.25, 0.3) is 0 Å². The highest BCUT2D eigenvalue weighted by atomic mass is 16.5. The molecule has 6 heteroatoms. The maximum Gasteiger partial charge on any atom is 0.142 e. The number of aryl methyl sites for hydroxylation is 8. The largest absolute Gasteiger partial charge is 0.491 e. The molecular weight excluding hydrogens is 665 g/mol. The molecule has 0 saturated heterocycles. The van der Waals surface area contributed by atoms with Crippen LogP contribution < -0.4 is 30.7 Å². The summed E-state index contributed by atoms with van der Waals surface area (Å²) in [4.78, 5) is 0. The second-order valence-electron chi connectivity index (χ2n) is 14.5. The van der Waals surface area contributed by atoms with Crippen molar-refractivity contribution in [2.75, 3.05) is 34.5 Å². The van der Waals surface area contributed by atoms with Crippen LogP contribution in [0.15, 0.2) is 109 Å². The second-order valence-corrected chi connectivity index (χ2v) is 14.5. The summed E-state index contributed by atoms with van der Waals surface area (Å²) in [6.45, 7) is 18.2. The van der Waals surface area contributed by atoms with E-state index < -0.39 is 0 Å². The van der Waals surface area contributed by atoms with Gasteiger partial charge >= 0.3 is 0 Å². The van der Waals surface area contributed by atoms with Gasteiger partial charge in [0.1, 0.15) is 11.5 Å². The van der Waals surface area contributed by atoms with Crippen LogP contribution in [0.25, 0.3) is 0 Å². The molecule has 0 aliphatic rings. The van der Waals surface area contributed by atoms with Gasteiger partial charge in [-0.2, -0.15) is 0 Å². The van der Waals surface area contributed by atoms with Gasteiger partial charge in [-0.3, -0.25) is 0 Å². The predicted molar refractivity (Wildman–Crippen MR) is 230 cm³/mol. The van der Waals surface area contributed by atoms with Crippen molar-refractivity contribution in [3.05, 3.63) is 154 Å². The van der Waals surface area contributed by atoms with Gasteiger partial charge in [0.05, 0.1) is 24.6 Å². The first-order valence-electron chi connectivity index (χ1n) is 18.9. The lowest BCUT2D eigenvalue weighted by atomic mass is 10.1. The topological polar surface area (TPSA) is 66.6 Å². The molecule has 0 aliphatic carbocycles. The monoisotopic (exact) mass is 718 g/mol. The first-order chi connectivity index (χ1) is 26.0. The molecule has 0 unspecified atom stereocenters. The van der Waals surface area contributed by atoms with Gasteiger partial charge in [0, 0.05) is 34.1 Å². The van der Waals surface area contributed by atoms with E-state index in [-0.39, 0.29) is 0 Å². The van der Waals surface area contributed by atoms with E-state index in [1.165, 1.54) is 44.5 Å². The van der Waals surface area contributed by atoms with E-state index >= 15 is 0 Å². The number of rotatable bonds is 15. The van der Waals surface area contributed by atoms with Crippen molar-refractivity contribution < 1.29 is 9.47 Å². The molecular formula is C48H54N4O2. The van der Waals surface area contributed by atoms with Crippen LogP contribution in [-0.4, -0.2) is 13.2 Å². The Labute approximate surface area is 322 Å². The van der Waals surface area contributed by atoms with E-state index in [0.717, 1.165) is 69.8 Å². The lowest BCUT2D eigenvalue weighted by molar-refractivity contribution is 0.268. The molecule has 6 aromatic carbocycles. The first-order valence-corrected chi connectivity index (χ1v) is 18.9. The zero-order chi connectivity index (χ0) is 38.2. The summed E-state index contributed by atoms with van der Waals surface area (Å²) in [6.07, 6.45) is 1.69. The van der Waals surface area contributed by atoms with Gasteiger partial charge in [-0.1, -0.05) is 24.3 Å². The molecule has 0 spiro atoms. The highest BCUT2D eigenvalue weighted by Gasteiger charge is 2.11. The minimum Gasteiger partial charge on any atom is -0.491 e. The third-order valence-corrected chi connectivity index (χ3v) is 10.2. The fourth-order valence-corrected chi connectivity index (χ4v) is 6.15. The minimum atomic E-state index is 0.571. The Morgan fingerprint density at radius 3 is 0.907 bits per heavy atom. The van der Waals surface area contributed by atoms with E-state index in [2.05, 4.69) is 174 Å². The van der Waals surface area contributed by atoms with Gasteiger partial charge in [0.15, 0.2) is 0 Å². The Balaban J connectivity index is 1.11. The van der Waals surface area contributed by atoms with Gasteiger partial charge < -0.3 is 30.7 Å². The molecule has 0 bridgehead atoms.